The van der Waals surface area contributed by atoms with E-state index in [1.165, 1.54) is 17.4 Å². The maximum atomic E-state index is 13.8. The van der Waals surface area contributed by atoms with Crippen molar-refractivity contribution in [1.82, 2.24) is 9.88 Å². The summed E-state index contributed by atoms with van der Waals surface area (Å²) >= 11 is 1.38. The lowest BCUT2D eigenvalue weighted by Crippen LogP contribution is -2.41. The number of likely N-dealkylation sites (tertiary alicyclic amines) is 1. The molecule has 2 aromatic carbocycles. The van der Waals surface area contributed by atoms with Gasteiger partial charge in [0.15, 0.2) is 11.0 Å². The zero-order valence-corrected chi connectivity index (χ0v) is 20.1. The number of benzene rings is 2. The van der Waals surface area contributed by atoms with E-state index in [1.54, 1.807) is 43.5 Å². The number of fused-ring (bicyclic) bond motifs is 1. The largest absolute Gasteiger partial charge is 0.355 e. The normalized spacial score (nSPS) is 17.4. The number of hydrogen-bond acceptors (Lipinski definition) is 6. The van der Waals surface area contributed by atoms with Gasteiger partial charge >= 0.3 is 0 Å². The van der Waals surface area contributed by atoms with Crippen molar-refractivity contribution in [2.24, 2.45) is 10.3 Å². The Morgan fingerprint density at radius 2 is 1.97 bits per heavy atom. The van der Waals surface area contributed by atoms with Gasteiger partial charge in [-0.25, -0.2) is 9.37 Å². The molecule has 34 heavy (non-hydrogen) atoms. The Morgan fingerprint density at radius 3 is 2.74 bits per heavy atom. The van der Waals surface area contributed by atoms with E-state index in [-0.39, 0.29) is 22.5 Å². The van der Waals surface area contributed by atoms with E-state index in [2.05, 4.69) is 14.7 Å². The van der Waals surface area contributed by atoms with E-state index in [1.807, 2.05) is 11.0 Å². The van der Waals surface area contributed by atoms with E-state index in [9.17, 15) is 17.6 Å². The molecular formula is C24H23FN4O3S2. The summed E-state index contributed by atoms with van der Waals surface area (Å²) < 4.78 is 42.4. The lowest BCUT2D eigenvalue weighted by Gasteiger charge is -2.32. The highest BCUT2D eigenvalue weighted by atomic mass is 32.2. The van der Waals surface area contributed by atoms with Gasteiger partial charge in [-0.05, 0) is 49.1 Å². The lowest BCUT2D eigenvalue weighted by molar-refractivity contribution is -0.120. The molecule has 0 aliphatic carbocycles. The smallest absolute Gasteiger partial charge is 0.285 e. The van der Waals surface area contributed by atoms with E-state index in [0.29, 0.717) is 54.4 Å². The number of thiazole rings is 1. The Labute approximate surface area is 201 Å². The van der Waals surface area contributed by atoms with Crippen LogP contribution in [0.2, 0.25) is 0 Å². The Balaban J connectivity index is 1.18. The molecule has 2 aliphatic heterocycles. The molecule has 1 saturated heterocycles. The summed E-state index contributed by atoms with van der Waals surface area (Å²) in [5.74, 6) is -0.0509. The zero-order chi connectivity index (χ0) is 23.9. The first kappa shape index (κ1) is 22.7. The van der Waals surface area contributed by atoms with Crippen LogP contribution < -0.4 is 5.32 Å². The predicted molar refractivity (Wildman–Crippen MR) is 129 cm³/mol. The molecule has 5 rings (SSSR count). The number of anilines is 1. The third-order valence-electron chi connectivity index (χ3n) is 6.18. The van der Waals surface area contributed by atoms with Crippen LogP contribution >= 0.6 is 11.3 Å². The summed E-state index contributed by atoms with van der Waals surface area (Å²) in [6, 6.07) is 12.0. The van der Waals surface area contributed by atoms with Crippen molar-refractivity contribution in [3.8, 4) is 0 Å². The van der Waals surface area contributed by atoms with Crippen LogP contribution in [-0.4, -0.2) is 43.1 Å². The van der Waals surface area contributed by atoms with Crippen LogP contribution in [0.5, 0.6) is 0 Å². The van der Waals surface area contributed by atoms with E-state index >= 15 is 0 Å². The molecule has 0 spiro atoms. The molecule has 1 fully saturated rings. The molecule has 176 valence electrons. The number of nitrogens with zero attached hydrogens (tertiary/aromatic N) is 3. The lowest BCUT2D eigenvalue weighted by atomic mass is 9.95. The number of amides is 1. The monoisotopic (exact) mass is 498 g/mol. The Morgan fingerprint density at radius 1 is 1.21 bits per heavy atom. The quantitative estimate of drug-likeness (QED) is 0.588. The molecule has 0 radical (unpaired) electrons. The Bertz CT molecular complexity index is 1390. The van der Waals surface area contributed by atoms with Gasteiger partial charge in [-0.3, -0.25) is 4.79 Å². The average molecular weight is 499 g/mol. The number of rotatable bonds is 4. The second-order valence-corrected chi connectivity index (χ2v) is 11.2. The third kappa shape index (κ3) is 4.47. The second kappa shape index (κ2) is 8.92. The van der Waals surface area contributed by atoms with Gasteiger partial charge in [0.05, 0.1) is 0 Å². The fraction of sp³-hybridized carbons (Fsp3) is 0.292. The SMILES string of the molecule is Cc1ccc(Cc2cnc(NC(=O)C3CCN(C4=NS(=O)(=O)c5ccccc54)CC3)s2)cc1F. The molecule has 0 saturated carbocycles. The molecule has 1 N–H and O–H groups in total. The number of carbonyl (C=O) groups excluding carboxylic acids is 1. The fourth-order valence-electron chi connectivity index (χ4n) is 4.27. The van der Waals surface area contributed by atoms with Crippen LogP contribution in [0.15, 0.2) is 58.0 Å². The summed E-state index contributed by atoms with van der Waals surface area (Å²) in [4.78, 5) is 20.2. The second-order valence-electron chi connectivity index (χ2n) is 8.53. The van der Waals surface area contributed by atoms with E-state index in [0.717, 1.165) is 10.4 Å². The Kier molecular flexibility index (Phi) is 5.95. The zero-order valence-electron chi connectivity index (χ0n) is 18.5. The standard InChI is InChI=1S/C24H23FN4O3S2/c1-15-6-7-16(13-20(15)25)12-18-14-26-24(33-18)27-23(30)17-8-10-29(11-9-17)22-19-4-2-3-5-21(19)34(31,32)28-22/h2-7,13-14,17H,8-12H2,1H3,(H,26,27,30). The third-order valence-corrected chi connectivity index (χ3v) is 8.41. The topological polar surface area (TPSA) is 91.7 Å². The molecular weight excluding hydrogens is 475 g/mol. The summed E-state index contributed by atoms with van der Waals surface area (Å²) in [7, 11) is -3.66. The fourth-order valence-corrected chi connectivity index (χ4v) is 6.35. The number of amidine groups is 1. The first-order valence-corrected chi connectivity index (χ1v) is 13.3. The summed E-state index contributed by atoms with van der Waals surface area (Å²) in [6.45, 7) is 2.82. The van der Waals surface area contributed by atoms with Crippen LogP contribution in [0.4, 0.5) is 9.52 Å². The van der Waals surface area contributed by atoms with E-state index in [4.69, 9.17) is 0 Å². The summed E-state index contributed by atoms with van der Waals surface area (Å²) in [6.07, 6.45) is 3.44. The molecule has 1 aromatic heterocycles. The van der Waals surface area contributed by atoms with E-state index < -0.39 is 10.0 Å². The molecule has 0 bridgehead atoms. The number of aryl methyl sites for hydroxylation is 1. The van der Waals surface area contributed by atoms with Gasteiger partial charge in [-0.2, -0.15) is 8.42 Å². The van der Waals surface area contributed by atoms with Crippen LogP contribution in [0, 0.1) is 18.7 Å². The molecule has 0 atom stereocenters. The maximum Gasteiger partial charge on any atom is 0.285 e. The molecule has 10 heteroatoms. The summed E-state index contributed by atoms with van der Waals surface area (Å²) in [5, 5.41) is 3.42. The number of halogens is 1. The van der Waals surface area contributed by atoms with Crippen LogP contribution in [0.3, 0.4) is 0 Å². The number of nitrogens with one attached hydrogen (secondary N) is 1. The number of aromatic nitrogens is 1. The van der Waals surface area contributed by atoms with Crippen molar-refractivity contribution in [2.75, 3.05) is 18.4 Å². The molecule has 1 amide bonds. The van der Waals surface area contributed by atoms with Gasteiger partial charge in [0, 0.05) is 42.1 Å². The van der Waals surface area contributed by atoms with Crippen LogP contribution in [0.25, 0.3) is 0 Å². The first-order chi connectivity index (χ1) is 16.3. The highest BCUT2D eigenvalue weighted by Gasteiger charge is 2.34. The minimum Gasteiger partial charge on any atom is -0.355 e. The Hall–Kier alpha value is -3.11. The molecule has 7 nitrogen and oxygen atoms in total. The van der Waals surface area contributed by atoms with Crippen molar-refractivity contribution in [2.45, 2.75) is 31.1 Å². The van der Waals surface area contributed by atoms with Crippen molar-refractivity contribution in [3.63, 3.8) is 0 Å². The van der Waals surface area contributed by atoms with Gasteiger partial charge in [0.25, 0.3) is 10.0 Å². The highest BCUT2D eigenvalue weighted by Crippen LogP contribution is 2.30. The predicted octanol–water partition coefficient (Wildman–Crippen LogP) is 3.98. The van der Waals surface area contributed by atoms with Crippen molar-refractivity contribution >= 4 is 38.2 Å². The van der Waals surface area contributed by atoms with Crippen molar-refractivity contribution < 1.29 is 17.6 Å². The molecule has 3 aromatic rings. The van der Waals surface area contributed by atoms with Crippen molar-refractivity contribution in [1.29, 1.82) is 0 Å². The number of piperidine rings is 1. The molecule has 2 aliphatic rings. The molecule has 3 heterocycles. The minimum absolute atomic E-state index is 0.0942. The first-order valence-electron chi connectivity index (χ1n) is 11.0. The van der Waals surface area contributed by atoms with Crippen LogP contribution in [0.1, 0.15) is 34.4 Å². The highest BCUT2D eigenvalue weighted by molar-refractivity contribution is 7.90. The number of hydrogen-bond donors (Lipinski definition) is 1. The van der Waals surface area contributed by atoms with Gasteiger partial charge in [-0.15, -0.1) is 15.7 Å². The van der Waals surface area contributed by atoms with Gasteiger partial charge < -0.3 is 10.2 Å². The average Bonchev–Trinajstić information content (AvgIpc) is 3.37. The van der Waals surface area contributed by atoms with Crippen molar-refractivity contribution in [3.05, 3.63) is 76.0 Å². The number of sulfonamides is 1. The van der Waals surface area contributed by atoms with Crippen LogP contribution in [-0.2, 0) is 21.2 Å². The van der Waals surface area contributed by atoms with Gasteiger partial charge in [0.2, 0.25) is 5.91 Å². The van der Waals surface area contributed by atoms with Gasteiger partial charge in [-0.1, -0.05) is 24.3 Å². The van der Waals surface area contributed by atoms with Gasteiger partial charge in [0.1, 0.15) is 10.7 Å². The molecule has 0 unspecified atom stereocenters. The maximum absolute atomic E-state index is 13.8. The summed E-state index contributed by atoms with van der Waals surface area (Å²) in [5.41, 5.74) is 2.09. The minimum atomic E-state index is -3.66. The number of carbonyl (C=O) groups is 1.